The first-order valence-corrected chi connectivity index (χ1v) is 5.60. The summed E-state index contributed by atoms with van der Waals surface area (Å²) in [5.41, 5.74) is 2.13. The molecule has 0 aliphatic heterocycles. The summed E-state index contributed by atoms with van der Waals surface area (Å²) in [7, 11) is 0. The van der Waals surface area contributed by atoms with Crippen LogP contribution in [0.5, 0.6) is 0 Å². The molecule has 0 amide bonds. The SMILES string of the molecule is O=c1nc(NCc2ccccc2)c2[nH]c[nH+]c2[nH]1. The van der Waals surface area contributed by atoms with Gasteiger partial charge in [0.05, 0.1) is 0 Å². The van der Waals surface area contributed by atoms with Crippen LogP contribution in [0.2, 0.25) is 0 Å². The quantitative estimate of drug-likeness (QED) is 0.631. The lowest BCUT2D eigenvalue weighted by Gasteiger charge is -2.03. The van der Waals surface area contributed by atoms with Gasteiger partial charge in [0.25, 0.3) is 5.65 Å². The fourth-order valence-corrected chi connectivity index (χ4v) is 1.81. The second kappa shape index (κ2) is 4.33. The number of hydrogen-bond donors (Lipinski definition) is 3. The van der Waals surface area contributed by atoms with E-state index in [4.69, 9.17) is 0 Å². The van der Waals surface area contributed by atoms with E-state index in [2.05, 4.69) is 25.3 Å². The van der Waals surface area contributed by atoms with Crippen molar-refractivity contribution < 1.29 is 4.98 Å². The summed E-state index contributed by atoms with van der Waals surface area (Å²) in [4.78, 5) is 23.8. The number of aromatic nitrogens is 4. The molecule has 0 bridgehead atoms. The third kappa shape index (κ3) is 1.95. The van der Waals surface area contributed by atoms with E-state index in [1.54, 1.807) is 6.33 Å². The monoisotopic (exact) mass is 242 g/mol. The molecule has 2 aromatic heterocycles. The molecule has 18 heavy (non-hydrogen) atoms. The third-order valence-corrected chi connectivity index (χ3v) is 2.67. The Morgan fingerprint density at radius 1 is 1.28 bits per heavy atom. The van der Waals surface area contributed by atoms with Gasteiger partial charge in [-0.1, -0.05) is 30.3 Å². The highest BCUT2D eigenvalue weighted by atomic mass is 16.1. The highest BCUT2D eigenvalue weighted by molar-refractivity contribution is 5.79. The molecule has 0 saturated carbocycles. The van der Waals surface area contributed by atoms with E-state index in [1.165, 1.54) is 0 Å². The average Bonchev–Trinajstić information content (AvgIpc) is 2.85. The number of anilines is 1. The van der Waals surface area contributed by atoms with E-state index in [0.717, 1.165) is 11.1 Å². The van der Waals surface area contributed by atoms with Crippen molar-refractivity contribution in [2.45, 2.75) is 6.54 Å². The van der Waals surface area contributed by atoms with E-state index in [9.17, 15) is 4.79 Å². The Bertz CT molecular complexity index is 716. The van der Waals surface area contributed by atoms with Crippen LogP contribution in [0, 0.1) is 0 Å². The lowest BCUT2D eigenvalue weighted by atomic mass is 10.2. The van der Waals surface area contributed by atoms with Crippen molar-refractivity contribution in [2.75, 3.05) is 5.32 Å². The molecule has 0 radical (unpaired) electrons. The molecule has 1 aromatic carbocycles. The van der Waals surface area contributed by atoms with Crippen molar-refractivity contribution in [3.8, 4) is 0 Å². The van der Waals surface area contributed by atoms with Crippen LogP contribution in [-0.2, 0) is 6.54 Å². The Hall–Kier alpha value is -2.63. The van der Waals surface area contributed by atoms with Crippen molar-refractivity contribution in [3.63, 3.8) is 0 Å². The van der Waals surface area contributed by atoms with Crippen LogP contribution in [0.3, 0.4) is 0 Å². The van der Waals surface area contributed by atoms with E-state index >= 15 is 0 Å². The van der Waals surface area contributed by atoms with Crippen LogP contribution in [0.1, 0.15) is 5.56 Å². The van der Waals surface area contributed by atoms with E-state index in [-0.39, 0.29) is 5.69 Å². The van der Waals surface area contributed by atoms with Gasteiger partial charge in [-0.15, -0.1) is 0 Å². The molecule has 0 unspecified atom stereocenters. The molecular weight excluding hydrogens is 230 g/mol. The number of imidazole rings is 1. The number of rotatable bonds is 3. The van der Waals surface area contributed by atoms with Crippen LogP contribution < -0.4 is 16.0 Å². The van der Waals surface area contributed by atoms with Crippen molar-refractivity contribution in [1.82, 2.24) is 15.0 Å². The predicted octanol–water partition coefficient (Wildman–Crippen LogP) is 0.677. The van der Waals surface area contributed by atoms with Crippen molar-refractivity contribution in [2.24, 2.45) is 0 Å². The Kier molecular flexibility index (Phi) is 2.53. The maximum Gasteiger partial charge on any atom is 0.405 e. The molecule has 0 aliphatic rings. The fraction of sp³-hybridized carbons (Fsp3) is 0.0833. The summed E-state index contributed by atoms with van der Waals surface area (Å²) < 4.78 is 0. The smallest absolute Gasteiger partial charge is 0.363 e. The summed E-state index contributed by atoms with van der Waals surface area (Å²) in [5.74, 6) is 0.541. The standard InChI is InChI=1S/C12H11N5O/c18-12-16-10(9-11(17-12)15-7-14-9)13-6-8-4-2-1-3-5-8/h1-5,7H,6H2,(H3,13,14,15,16,17,18)/p+1. The summed E-state index contributed by atoms with van der Waals surface area (Å²) in [6.45, 7) is 0.616. The second-order valence-corrected chi connectivity index (χ2v) is 3.91. The Labute approximate surface area is 102 Å². The fourth-order valence-electron chi connectivity index (χ4n) is 1.81. The van der Waals surface area contributed by atoms with E-state index < -0.39 is 0 Å². The first-order valence-electron chi connectivity index (χ1n) is 5.60. The minimum absolute atomic E-state index is 0.381. The van der Waals surface area contributed by atoms with Gasteiger partial charge in [0.15, 0.2) is 12.1 Å². The van der Waals surface area contributed by atoms with Crippen molar-refractivity contribution in [1.29, 1.82) is 0 Å². The molecule has 3 rings (SSSR count). The van der Waals surface area contributed by atoms with Gasteiger partial charge in [-0.3, -0.25) is 4.98 Å². The van der Waals surface area contributed by atoms with Crippen LogP contribution in [0.15, 0.2) is 41.5 Å². The van der Waals surface area contributed by atoms with Crippen LogP contribution in [-0.4, -0.2) is 15.0 Å². The molecule has 0 saturated heterocycles. The zero-order valence-corrected chi connectivity index (χ0v) is 9.53. The topological polar surface area (TPSA) is 87.7 Å². The number of nitrogens with zero attached hydrogens (tertiary/aromatic N) is 1. The summed E-state index contributed by atoms with van der Waals surface area (Å²) in [6.07, 6.45) is 1.65. The number of hydrogen-bond acceptors (Lipinski definition) is 3. The maximum atomic E-state index is 11.4. The highest BCUT2D eigenvalue weighted by Crippen LogP contribution is 2.12. The zero-order valence-electron chi connectivity index (χ0n) is 9.53. The summed E-state index contributed by atoms with van der Waals surface area (Å²) in [5, 5.41) is 3.15. The van der Waals surface area contributed by atoms with Gasteiger partial charge in [-0.25, -0.2) is 14.8 Å². The molecule has 0 spiro atoms. The Balaban J connectivity index is 1.91. The van der Waals surface area contributed by atoms with Gasteiger partial charge in [-0.2, -0.15) is 4.98 Å². The van der Waals surface area contributed by atoms with Crippen LogP contribution in [0.25, 0.3) is 11.2 Å². The normalized spacial score (nSPS) is 10.7. The average molecular weight is 242 g/mol. The van der Waals surface area contributed by atoms with Gasteiger partial charge >= 0.3 is 5.69 Å². The maximum absolute atomic E-state index is 11.4. The van der Waals surface area contributed by atoms with Crippen molar-refractivity contribution in [3.05, 3.63) is 52.7 Å². The molecule has 90 valence electrons. The largest absolute Gasteiger partial charge is 0.405 e. The number of benzene rings is 1. The molecule has 0 aliphatic carbocycles. The molecule has 0 atom stereocenters. The number of aromatic amines is 3. The van der Waals surface area contributed by atoms with Crippen LogP contribution >= 0.6 is 0 Å². The van der Waals surface area contributed by atoms with Gasteiger partial charge in [0, 0.05) is 6.54 Å². The molecule has 6 nitrogen and oxygen atoms in total. The molecule has 2 heterocycles. The van der Waals surface area contributed by atoms with E-state index in [1.807, 2.05) is 30.3 Å². The van der Waals surface area contributed by atoms with E-state index in [0.29, 0.717) is 18.0 Å². The lowest BCUT2D eigenvalue weighted by Crippen LogP contribution is -2.16. The third-order valence-electron chi connectivity index (χ3n) is 2.67. The minimum Gasteiger partial charge on any atom is -0.363 e. The van der Waals surface area contributed by atoms with Crippen LogP contribution in [0.4, 0.5) is 5.82 Å². The molecule has 0 fully saturated rings. The lowest BCUT2D eigenvalue weighted by molar-refractivity contribution is -0.347. The Morgan fingerprint density at radius 3 is 2.94 bits per heavy atom. The second-order valence-electron chi connectivity index (χ2n) is 3.91. The summed E-state index contributed by atoms with van der Waals surface area (Å²) >= 11 is 0. The predicted molar refractivity (Wildman–Crippen MR) is 67.0 cm³/mol. The highest BCUT2D eigenvalue weighted by Gasteiger charge is 2.11. The first-order chi connectivity index (χ1) is 8.83. The number of H-pyrrole nitrogens is 3. The molecule has 3 aromatic rings. The number of nitrogens with one attached hydrogen (secondary N) is 4. The zero-order chi connectivity index (χ0) is 12.4. The van der Waals surface area contributed by atoms with Gasteiger partial charge in [0.1, 0.15) is 0 Å². The van der Waals surface area contributed by atoms with Gasteiger partial charge in [-0.05, 0) is 5.56 Å². The molecule has 6 heteroatoms. The van der Waals surface area contributed by atoms with Gasteiger partial charge < -0.3 is 5.32 Å². The molecular formula is C12H12N5O+. The summed E-state index contributed by atoms with van der Waals surface area (Å²) in [6, 6.07) is 9.93. The first kappa shape index (κ1) is 10.5. The van der Waals surface area contributed by atoms with Gasteiger partial charge in [0.2, 0.25) is 5.52 Å². The number of fused-ring (bicyclic) bond motifs is 1. The molecule has 4 N–H and O–H groups in total. The van der Waals surface area contributed by atoms with Crippen molar-refractivity contribution >= 4 is 17.0 Å². The Morgan fingerprint density at radius 2 is 2.11 bits per heavy atom. The minimum atomic E-state index is -0.381.